The van der Waals surface area contributed by atoms with Crippen molar-refractivity contribution in [3.8, 4) is 0 Å². The first-order valence-electron chi connectivity index (χ1n) is 5.80. The van der Waals surface area contributed by atoms with E-state index in [0.29, 0.717) is 9.75 Å². The summed E-state index contributed by atoms with van der Waals surface area (Å²) in [4.78, 5) is 1.64. The largest absolute Gasteiger partial charge is 0.391 e. The van der Waals surface area contributed by atoms with E-state index in [4.69, 9.17) is 5.11 Å². The maximum absolute atomic E-state index is 12.3. The first-order chi connectivity index (χ1) is 8.08. The van der Waals surface area contributed by atoms with Gasteiger partial charge in [-0.25, -0.2) is 13.1 Å². The molecule has 0 aliphatic rings. The Morgan fingerprint density at radius 1 is 1.44 bits per heavy atom. The van der Waals surface area contributed by atoms with Crippen LogP contribution in [0.3, 0.4) is 0 Å². The van der Waals surface area contributed by atoms with Gasteiger partial charge in [0.25, 0.3) is 0 Å². The fraction of sp³-hybridized carbons (Fsp3) is 0.667. The molecule has 0 fully saturated rings. The van der Waals surface area contributed by atoms with Crippen LogP contribution in [0.2, 0.25) is 0 Å². The second-order valence-corrected chi connectivity index (χ2v) is 8.52. The molecule has 18 heavy (non-hydrogen) atoms. The topological polar surface area (TPSA) is 66.4 Å². The maximum Gasteiger partial charge on any atom is 0.241 e. The monoisotopic (exact) mass is 291 g/mol. The van der Waals surface area contributed by atoms with E-state index in [-0.39, 0.29) is 23.0 Å². The second-order valence-electron chi connectivity index (χ2n) is 5.50. The van der Waals surface area contributed by atoms with Gasteiger partial charge in [-0.15, -0.1) is 11.3 Å². The average Bonchev–Trinajstić information content (AvgIpc) is 2.58. The van der Waals surface area contributed by atoms with Crippen LogP contribution in [0.4, 0.5) is 0 Å². The number of nitrogens with one attached hydrogen (secondary N) is 1. The molecule has 4 nitrogen and oxygen atoms in total. The molecule has 0 aliphatic heterocycles. The molecule has 0 aromatic carbocycles. The number of hydrogen-bond donors (Lipinski definition) is 2. The summed E-state index contributed by atoms with van der Waals surface area (Å²) in [6, 6.07) is 1.37. The van der Waals surface area contributed by atoms with E-state index >= 15 is 0 Å². The molecule has 0 radical (unpaired) electrons. The third-order valence-corrected chi connectivity index (χ3v) is 5.83. The zero-order valence-electron chi connectivity index (χ0n) is 11.4. The maximum atomic E-state index is 12.3. The van der Waals surface area contributed by atoms with Crippen LogP contribution in [0.5, 0.6) is 0 Å². The first kappa shape index (κ1) is 15.6. The van der Waals surface area contributed by atoms with Crippen LogP contribution in [0.25, 0.3) is 0 Å². The Balaban J connectivity index is 3.03. The van der Waals surface area contributed by atoms with Crippen molar-refractivity contribution in [1.29, 1.82) is 0 Å². The van der Waals surface area contributed by atoms with E-state index in [1.165, 1.54) is 17.4 Å². The van der Waals surface area contributed by atoms with Gasteiger partial charge in [0.05, 0.1) is 11.5 Å². The molecular formula is C12H21NO3S2. The SMILES string of the molecule is Cc1sc(CO)cc1S(=O)(=O)NC(C)C(C)(C)C. The van der Waals surface area contributed by atoms with Crippen LogP contribution in [0, 0.1) is 12.3 Å². The molecule has 0 saturated carbocycles. The smallest absolute Gasteiger partial charge is 0.241 e. The highest BCUT2D eigenvalue weighted by molar-refractivity contribution is 7.89. The van der Waals surface area contributed by atoms with Crippen molar-refractivity contribution >= 4 is 21.4 Å². The quantitative estimate of drug-likeness (QED) is 0.894. The van der Waals surface area contributed by atoms with E-state index in [1.807, 2.05) is 27.7 Å². The summed E-state index contributed by atoms with van der Waals surface area (Å²) in [6.07, 6.45) is 0. The normalized spacial score (nSPS) is 14.8. The molecule has 1 aromatic heterocycles. The van der Waals surface area contributed by atoms with Crippen LogP contribution in [0.1, 0.15) is 37.4 Å². The molecule has 1 rings (SSSR count). The lowest BCUT2D eigenvalue weighted by molar-refractivity contribution is 0.285. The van der Waals surface area contributed by atoms with Gasteiger partial charge in [0.1, 0.15) is 0 Å². The van der Waals surface area contributed by atoms with Crippen LogP contribution in [-0.2, 0) is 16.6 Å². The fourth-order valence-corrected chi connectivity index (χ4v) is 4.29. The highest BCUT2D eigenvalue weighted by atomic mass is 32.2. The summed E-state index contributed by atoms with van der Waals surface area (Å²) in [6.45, 7) is 9.43. The molecule has 0 saturated heterocycles. The fourth-order valence-electron chi connectivity index (χ4n) is 1.34. The zero-order chi connectivity index (χ0) is 14.1. The lowest BCUT2D eigenvalue weighted by Gasteiger charge is -2.27. The standard InChI is InChI=1S/C12H21NO3S2/c1-8-11(6-10(7-14)17-8)18(15,16)13-9(2)12(3,4)5/h6,9,13-14H,7H2,1-5H3. The average molecular weight is 291 g/mol. The molecule has 6 heteroatoms. The third kappa shape index (κ3) is 3.54. The molecule has 0 bridgehead atoms. The highest BCUT2D eigenvalue weighted by Crippen LogP contribution is 2.27. The number of sulfonamides is 1. The molecule has 1 atom stereocenters. The van der Waals surface area contributed by atoms with Gasteiger partial charge in [0.2, 0.25) is 10.0 Å². The van der Waals surface area contributed by atoms with Crippen molar-refractivity contribution in [3.05, 3.63) is 15.8 Å². The highest BCUT2D eigenvalue weighted by Gasteiger charge is 2.27. The summed E-state index contributed by atoms with van der Waals surface area (Å²) < 4.78 is 27.2. The minimum absolute atomic E-state index is 0.129. The number of aryl methyl sites for hydroxylation is 1. The van der Waals surface area contributed by atoms with E-state index in [1.54, 1.807) is 6.92 Å². The van der Waals surface area contributed by atoms with Crippen molar-refractivity contribution in [2.24, 2.45) is 5.41 Å². The molecule has 1 heterocycles. The number of thiophene rings is 1. The van der Waals surface area contributed by atoms with Gasteiger partial charge in [-0.05, 0) is 25.3 Å². The predicted octanol–water partition coefficient (Wildman–Crippen LogP) is 2.26. The number of rotatable bonds is 4. The van der Waals surface area contributed by atoms with E-state index < -0.39 is 10.0 Å². The van der Waals surface area contributed by atoms with Gasteiger partial charge >= 0.3 is 0 Å². The van der Waals surface area contributed by atoms with Crippen LogP contribution >= 0.6 is 11.3 Å². The van der Waals surface area contributed by atoms with Crippen molar-refractivity contribution in [1.82, 2.24) is 4.72 Å². The number of hydrogen-bond acceptors (Lipinski definition) is 4. The van der Waals surface area contributed by atoms with Crippen LogP contribution in [-0.4, -0.2) is 19.6 Å². The Kier molecular flexibility index (Phi) is 4.59. The molecular weight excluding hydrogens is 270 g/mol. The predicted molar refractivity (Wildman–Crippen MR) is 74.2 cm³/mol. The zero-order valence-corrected chi connectivity index (χ0v) is 13.1. The molecule has 1 unspecified atom stereocenters. The van der Waals surface area contributed by atoms with E-state index in [0.717, 1.165) is 0 Å². The molecule has 0 aliphatic carbocycles. The number of aliphatic hydroxyl groups is 1. The minimum Gasteiger partial charge on any atom is -0.391 e. The Morgan fingerprint density at radius 3 is 2.39 bits per heavy atom. The van der Waals surface area contributed by atoms with Gasteiger partial charge in [-0.3, -0.25) is 0 Å². The van der Waals surface area contributed by atoms with Gasteiger partial charge in [-0.2, -0.15) is 0 Å². The molecule has 0 spiro atoms. The summed E-state index contributed by atoms with van der Waals surface area (Å²) in [5.74, 6) is 0. The van der Waals surface area contributed by atoms with Crippen LogP contribution in [0.15, 0.2) is 11.0 Å². The third-order valence-electron chi connectivity index (χ3n) is 3.00. The van der Waals surface area contributed by atoms with Crippen molar-refractivity contribution < 1.29 is 13.5 Å². The Hall–Kier alpha value is -0.430. The summed E-state index contributed by atoms with van der Waals surface area (Å²) in [5.41, 5.74) is -0.142. The second kappa shape index (κ2) is 5.28. The summed E-state index contributed by atoms with van der Waals surface area (Å²) >= 11 is 1.31. The molecule has 2 N–H and O–H groups in total. The van der Waals surface area contributed by atoms with Crippen molar-refractivity contribution in [3.63, 3.8) is 0 Å². The van der Waals surface area contributed by atoms with Crippen molar-refractivity contribution in [2.75, 3.05) is 0 Å². The molecule has 104 valence electrons. The number of aliphatic hydroxyl groups excluding tert-OH is 1. The summed E-state index contributed by atoms with van der Waals surface area (Å²) in [7, 11) is -3.51. The Bertz CT molecular complexity index is 512. The van der Waals surface area contributed by atoms with Gasteiger partial charge in [-0.1, -0.05) is 20.8 Å². The Labute approximate surface area is 113 Å². The minimum atomic E-state index is -3.51. The Morgan fingerprint density at radius 2 is 2.00 bits per heavy atom. The molecule has 1 aromatic rings. The van der Waals surface area contributed by atoms with Crippen LogP contribution < -0.4 is 4.72 Å². The van der Waals surface area contributed by atoms with E-state index in [9.17, 15) is 8.42 Å². The van der Waals surface area contributed by atoms with Crippen molar-refractivity contribution in [2.45, 2.75) is 52.2 Å². The molecule has 0 amide bonds. The summed E-state index contributed by atoms with van der Waals surface area (Å²) in [5, 5.41) is 9.05. The van der Waals surface area contributed by atoms with Gasteiger partial charge < -0.3 is 5.11 Å². The lowest BCUT2D eigenvalue weighted by atomic mass is 9.89. The van der Waals surface area contributed by atoms with Gasteiger partial charge in [0, 0.05) is 15.8 Å². The van der Waals surface area contributed by atoms with E-state index in [2.05, 4.69) is 4.72 Å². The van der Waals surface area contributed by atoms with Gasteiger partial charge in [0.15, 0.2) is 0 Å². The first-order valence-corrected chi connectivity index (χ1v) is 8.10. The lowest BCUT2D eigenvalue weighted by Crippen LogP contribution is -2.41.